The topological polar surface area (TPSA) is 83.6 Å². The van der Waals surface area contributed by atoms with Gasteiger partial charge in [0.05, 0.1) is 11.4 Å². The number of aliphatic carboxylic acids is 1. The van der Waals surface area contributed by atoms with Gasteiger partial charge >= 0.3 is 5.97 Å². The zero-order chi connectivity index (χ0) is 11.7. The summed E-state index contributed by atoms with van der Waals surface area (Å²) in [5.74, 6) is -0.268. The number of hydrogen-bond acceptors (Lipinski definition) is 4. The third-order valence-corrected chi connectivity index (χ3v) is 4.49. The van der Waals surface area contributed by atoms with Crippen LogP contribution < -0.4 is 5.73 Å². The number of carbonyl (C=O) groups excluding carboxylic acids is 1. The van der Waals surface area contributed by atoms with Gasteiger partial charge in [0, 0.05) is 0 Å². The third kappa shape index (κ3) is 2.04. The summed E-state index contributed by atoms with van der Waals surface area (Å²) in [6, 6.07) is -1.21. The van der Waals surface area contributed by atoms with Gasteiger partial charge in [0.2, 0.25) is 5.91 Å². The Morgan fingerprint density at radius 3 is 2.88 bits per heavy atom. The Balaban J connectivity index is 2.25. The molecule has 1 amide bonds. The number of piperidine rings is 1. The second kappa shape index (κ2) is 4.63. The van der Waals surface area contributed by atoms with Gasteiger partial charge < -0.3 is 15.7 Å². The molecule has 2 rings (SSSR count). The van der Waals surface area contributed by atoms with Crippen LogP contribution in [0, 0.1) is 0 Å². The van der Waals surface area contributed by atoms with Crippen molar-refractivity contribution in [1.29, 1.82) is 0 Å². The third-order valence-electron chi connectivity index (χ3n) is 3.17. The lowest BCUT2D eigenvalue weighted by atomic mass is 10.0. The van der Waals surface area contributed by atoms with E-state index >= 15 is 0 Å². The Morgan fingerprint density at radius 2 is 2.19 bits per heavy atom. The van der Waals surface area contributed by atoms with Crippen molar-refractivity contribution in [3.63, 3.8) is 0 Å². The largest absolute Gasteiger partial charge is 0.480 e. The van der Waals surface area contributed by atoms with E-state index in [-0.39, 0.29) is 11.3 Å². The van der Waals surface area contributed by atoms with Crippen LogP contribution >= 0.6 is 11.8 Å². The average molecular weight is 244 g/mol. The maximum absolute atomic E-state index is 12.0. The Labute approximate surface area is 98.4 Å². The number of thioether (sulfide) groups is 1. The number of rotatable bonds is 1. The molecular formula is C10H16N2O3S. The highest BCUT2D eigenvalue weighted by Crippen LogP contribution is 2.33. The smallest absolute Gasteiger partial charge is 0.326 e. The van der Waals surface area contributed by atoms with E-state index in [4.69, 9.17) is 10.8 Å². The molecule has 3 atom stereocenters. The van der Waals surface area contributed by atoms with E-state index in [9.17, 15) is 9.59 Å². The van der Waals surface area contributed by atoms with E-state index in [2.05, 4.69) is 0 Å². The van der Waals surface area contributed by atoms with Crippen molar-refractivity contribution in [3.05, 3.63) is 0 Å². The molecule has 0 aromatic heterocycles. The Morgan fingerprint density at radius 1 is 1.44 bits per heavy atom. The van der Waals surface area contributed by atoms with Crippen molar-refractivity contribution in [1.82, 2.24) is 4.90 Å². The zero-order valence-corrected chi connectivity index (χ0v) is 9.78. The van der Waals surface area contributed by atoms with Crippen molar-refractivity contribution in [3.8, 4) is 0 Å². The number of hydrogen-bond donors (Lipinski definition) is 2. The van der Waals surface area contributed by atoms with Crippen molar-refractivity contribution in [2.24, 2.45) is 5.73 Å². The Kier molecular flexibility index (Phi) is 3.39. The Bertz CT molecular complexity index is 310. The van der Waals surface area contributed by atoms with Gasteiger partial charge in [0.15, 0.2) is 0 Å². The van der Waals surface area contributed by atoms with Gasteiger partial charge in [0.25, 0.3) is 0 Å². The molecule has 2 aliphatic rings. The number of carboxylic acid groups (broad SMARTS) is 1. The van der Waals surface area contributed by atoms with Crippen molar-refractivity contribution < 1.29 is 14.7 Å². The van der Waals surface area contributed by atoms with Gasteiger partial charge in [0.1, 0.15) is 6.04 Å². The van der Waals surface area contributed by atoms with E-state index in [1.165, 1.54) is 4.90 Å². The molecule has 0 aliphatic carbocycles. The molecule has 0 aromatic rings. The summed E-state index contributed by atoms with van der Waals surface area (Å²) >= 11 is 1.66. The van der Waals surface area contributed by atoms with Crippen LogP contribution in [-0.4, -0.2) is 45.1 Å². The summed E-state index contributed by atoms with van der Waals surface area (Å²) in [5.41, 5.74) is 5.75. The predicted molar refractivity (Wildman–Crippen MR) is 61.0 cm³/mol. The summed E-state index contributed by atoms with van der Waals surface area (Å²) in [6.45, 7) is 0. The quantitative estimate of drug-likeness (QED) is 0.690. The molecule has 2 aliphatic heterocycles. The van der Waals surface area contributed by atoms with E-state index in [0.29, 0.717) is 12.8 Å². The van der Waals surface area contributed by atoms with E-state index in [1.54, 1.807) is 11.8 Å². The maximum Gasteiger partial charge on any atom is 0.326 e. The minimum atomic E-state index is -0.909. The molecule has 5 nitrogen and oxygen atoms in total. The summed E-state index contributed by atoms with van der Waals surface area (Å²) in [7, 11) is 0. The van der Waals surface area contributed by atoms with E-state index < -0.39 is 18.1 Å². The lowest BCUT2D eigenvalue weighted by Crippen LogP contribution is -2.55. The predicted octanol–water partition coefficient (Wildman–Crippen LogP) is 0.242. The van der Waals surface area contributed by atoms with Gasteiger partial charge in [-0.05, 0) is 31.4 Å². The van der Waals surface area contributed by atoms with Crippen molar-refractivity contribution >= 4 is 23.6 Å². The summed E-state index contributed by atoms with van der Waals surface area (Å²) in [4.78, 5) is 24.7. The molecule has 90 valence electrons. The molecule has 6 heteroatoms. The fourth-order valence-corrected chi connectivity index (χ4v) is 3.72. The fourth-order valence-electron chi connectivity index (χ4n) is 2.31. The molecule has 1 unspecified atom stereocenters. The van der Waals surface area contributed by atoms with Crippen LogP contribution in [0.1, 0.15) is 25.7 Å². The first-order valence-corrected chi connectivity index (χ1v) is 6.58. The summed E-state index contributed by atoms with van der Waals surface area (Å²) < 4.78 is 0. The first-order chi connectivity index (χ1) is 7.61. The molecule has 0 radical (unpaired) electrons. The second-order valence-corrected chi connectivity index (χ2v) is 5.54. The lowest BCUT2D eigenvalue weighted by Gasteiger charge is -2.39. The number of fused-ring (bicyclic) bond motifs is 1. The molecule has 2 fully saturated rings. The first kappa shape index (κ1) is 11.7. The molecule has 2 heterocycles. The lowest BCUT2D eigenvalue weighted by molar-refractivity contribution is -0.153. The molecule has 0 spiro atoms. The normalized spacial score (nSPS) is 35.4. The summed E-state index contributed by atoms with van der Waals surface area (Å²) in [6.07, 6.45) is 2.94. The van der Waals surface area contributed by atoms with Gasteiger partial charge in [-0.2, -0.15) is 0 Å². The highest BCUT2D eigenvalue weighted by molar-refractivity contribution is 7.99. The zero-order valence-electron chi connectivity index (χ0n) is 8.96. The number of nitrogens with zero attached hydrogens (tertiary/aromatic N) is 1. The van der Waals surface area contributed by atoms with E-state index in [0.717, 1.165) is 18.6 Å². The standard InChI is InChI=1S/C10H16N2O3S/c11-6-4-5-16-8-3-1-2-7(10(14)15)12(8)9(6)13/h6-8H,1-5,11H2,(H,14,15)/t6-,7-,8?/m0/s1. The van der Waals surface area contributed by atoms with Crippen LogP contribution in [-0.2, 0) is 9.59 Å². The molecule has 0 saturated carbocycles. The summed E-state index contributed by atoms with van der Waals surface area (Å²) in [5, 5.41) is 9.14. The minimum absolute atomic E-state index is 0.0101. The molecule has 16 heavy (non-hydrogen) atoms. The van der Waals surface area contributed by atoms with Gasteiger partial charge in [-0.1, -0.05) is 0 Å². The van der Waals surface area contributed by atoms with Gasteiger partial charge in [-0.25, -0.2) is 4.79 Å². The van der Waals surface area contributed by atoms with Crippen LogP contribution in [0.3, 0.4) is 0 Å². The highest BCUT2D eigenvalue weighted by Gasteiger charge is 2.41. The van der Waals surface area contributed by atoms with Gasteiger partial charge in [-0.3, -0.25) is 4.79 Å². The SMILES string of the molecule is N[C@H]1CCSC2CCC[C@@H](C(=O)O)N2C1=O. The highest BCUT2D eigenvalue weighted by atomic mass is 32.2. The molecule has 3 N–H and O–H groups in total. The van der Waals surface area contributed by atoms with Crippen LogP contribution in [0.4, 0.5) is 0 Å². The van der Waals surface area contributed by atoms with Crippen LogP contribution in [0.15, 0.2) is 0 Å². The average Bonchev–Trinajstić information content (AvgIpc) is 2.40. The van der Waals surface area contributed by atoms with E-state index in [1.807, 2.05) is 0 Å². The number of amides is 1. The minimum Gasteiger partial charge on any atom is -0.480 e. The molecular weight excluding hydrogens is 228 g/mol. The van der Waals surface area contributed by atoms with Crippen LogP contribution in [0.5, 0.6) is 0 Å². The number of carbonyl (C=O) groups is 2. The first-order valence-electron chi connectivity index (χ1n) is 5.53. The van der Waals surface area contributed by atoms with Crippen molar-refractivity contribution in [2.75, 3.05) is 5.75 Å². The fraction of sp³-hybridized carbons (Fsp3) is 0.800. The molecule has 0 aromatic carbocycles. The molecule has 2 saturated heterocycles. The van der Waals surface area contributed by atoms with Gasteiger partial charge in [-0.15, -0.1) is 11.8 Å². The Hall–Kier alpha value is -0.750. The van der Waals surface area contributed by atoms with Crippen LogP contribution in [0.2, 0.25) is 0 Å². The molecule has 0 bridgehead atoms. The monoisotopic (exact) mass is 244 g/mol. The number of carboxylic acids is 1. The van der Waals surface area contributed by atoms with Crippen LogP contribution in [0.25, 0.3) is 0 Å². The number of nitrogens with two attached hydrogens (primary N) is 1. The maximum atomic E-state index is 12.0. The second-order valence-electron chi connectivity index (χ2n) is 4.25. The van der Waals surface area contributed by atoms with Crippen molar-refractivity contribution in [2.45, 2.75) is 43.1 Å².